The SMILES string of the molecule is Cn1ncc(Br)c1C(NN)c1cc(Cl)sc1Cl. The zero-order valence-electron chi connectivity index (χ0n) is 8.75. The Kier molecular flexibility index (Phi) is 4.12. The maximum absolute atomic E-state index is 6.13. The normalized spacial score (nSPS) is 13.0. The fraction of sp³-hybridized carbons (Fsp3) is 0.222. The van der Waals surface area contributed by atoms with Gasteiger partial charge in [0.1, 0.15) is 0 Å². The Balaban J connectivity index is 2.51. The van der Waals surface area contributed by atoms with E-state index in [9.17, 15) is 0 Å². The summed E-state index contributed by atoms with van der Waals surface area (Å²) in [6.45, 7) is 0. The summed E-state index contributed by atoms with van der Waals surface area (Å²) in [5.74, 6) is 5.60. The van der Waals surface area contributed by atoms with E-state index in [0.717, 1.165) is 15.7 Å². The Morgan fingerprint density at radius 3 is 2.71 bits per heavy atom. The summed E-state index contributed by atoms with van der Waals surface area (Å²) in [7, 11) is 1.84. The van der Waals surface area contributed by atoms with Gasteiger partial charge in [-0.3, -0.25) is 10.5 Å². The van der Waals surface area contributed by atoms with Crippen LogP contribution < -0.4 is 11.3 Å². The van der Waals surface area contributed by atoms with Crippen LogP contribution in [0.2, 0.25) is 8.67 Å². The lowest BCUT2D eigenvalue weighted by Gasteiger charge is -2.16. The van der Waals surface area contributed by atoms with E-state index in [1.807, 2.05) is 7.05 Å². The summed E-state index contributed by atoms with van der Waals surface area (Å²) in [5, 5.41) is 4.15. The van der Waals surface area contributed by atoms with Crippen molar-refractivity contribution in [3.8, 4) is 0 Å². The Hall–Kier alpha value is -0.110. The van der Waals surface area contributed by atoms with E-state index in [-0.39, 0.29) is 6.04 Å². The quantitative estimate of drug-likeness (QED) is 0.657. The van der Waals surface area contributed by atoms with Crippen molar-refractivity contribution < 1.29 is 0 Å². The molecule has 0 aromatic carbocycles. The van der Waals surface area contributed by atoms with Gasteiger partial charge in [-0.15, -0.1) is 11.3 Å². The maximum atomic E-state index is 6.13. The molecule has 2 rings (SSSR count). The second-order valence-electron chi connectivity index (χ2n) is 3.38. The van der Waals surface area contributed by atoms with Gasteiger partial charge >= 0.3 is 0 Å². The number of aryl methyl sites for hydroxylation is 1. The predicted octanol–water partition coefficient (Wildman–Crippen LogP) is 3.10. The molecule has 0 aliphatic heterocycles. The number of rotatable bonds is 3. The smallest absolute Gasteiger partial charge is 0.0996 e. The van der Waals surface area contributed by atoms with Crippen molar-refractivity contribution in [3.05, 3.63) is 36.7 Å². The summed E-state index contributed by atoms with van der Waals surface area (Å²) >= 11 is 16.8. The highest BCUT2D eigenvalue weighted by atomic mass is 79.9. The van der Waals surface area contributed by atoms with Crippen molar-refractivity contribution in [1.29, 1.82) is 0 Å². The van der Waals surface area contributed by atoms with Crippen LogP contribution in [-0.4, -0.2) is 9.78 Å². The monoisotopic (exact) mass is 354 g/mol. The molecular formula is C9H9BrCl2N4S. The van der Waals surface area contributed by atoms with E-state index in [4.69, 9.17) is 29.0 Å². The second-order valence-corrected chi connectivity index (χ2v) is 6.52. The van der Waals surface area contributed by atoms with Gasteiger partial charge in [0, 0.05) is 12.6 Å². The van der Waals surface area contributed by atoms with Crippen LogP contribution in [0.15, 0.2) is 16.7 Å². The van der Waals surface area contributed by atoms with Gasteiger partial charge in [0.15, 0.2) is 0 Å². The molecule has 0 aliphatic rings. The number of hydrazine groups is 1. The lowest BCUT2D eigenvalue weighted by atomic mass is 10.1. The van der Waals surface area contributed by atoms with Gasteiger partial charge in [-0.2, -0.15) is 5.10 Å². The highest BCUT2D eigenvalue weighted by Crippen LogP contribution is 2.38. The highest BCUT2D eigenvalue weighted by molar-refractivity contribution is 9.10. The number of nitrogens with one attached hydrogen (secondary N) is 1. The van der Waals surface area contributed by atoms with Gasteiger partial charge < -0.3 is 0 Å². The van der Waals surface area contributed by atoms with Gasteiger partial charge in [-0.05, 0) is 22.0 Å². The van der Waals surface area contributed by atoms with E-state index in [0.29, 0.717) is 8.67 Å². The molecule has 8 heteroatoms. The summed E-state index contributed by atoms with van der Waals surface area (Å²) in [6, 6.07) is 1.55. The molecule has 17 heavy (non-hydrogen) atoms. The number of nitrogens with two attached hydrogens (primary N) is 1. The molecule has 1 unspecified atom stereocenters. The van der Waals surface area contributed by atoms with Crippen LogP contribution in [0.4, 0.5) is 0 Å². The molecule has 0 bridgehead atoms. The van der Waals surface area contributed by atoms with E-state index < -0.39 is 0 Å². The molecule has 0 spiro atoms. The number of halogens is 3. The lowest BCUT2D eigenvalue weighted by Crippen LogP contribution is -2.30. The van der Waals surface area contributed by atoms with Crippen LogP contribution in [0, 0.1) is 0 Å². The van der Waals surface area contributed by atoms with Crippen LogP contribution in [0.3, 0.4) is 0 Å². The maximum Gasteiger partial charge on any atom is 0.0996 e. The van der Waals surface area contributed by atoms with E-state index in [1.165, 1.54) is 11.3 Å². The molecule has 2 aromatic heterocycles. The van der Waals surface area contributed by atoms with Crippen LogP contribution in [0.5, 0.6) is 0 Å². The minimum atomic E-state index is -0.256. The van der Waals surface area contributed by atoms with Crippen molar-refractivity contribution in [3.63, 3.8) is 0 Å². The average molecular weight is 356 g/mol. The van der Waals surface area contributed by atoms with Crippen LogP contribution in [0.1, 0.15) is 17.3 Å². The number of aromatic nitrogens is 2. The fourth-order valence-electron chi connectivity index (χ4n) is 1.61. The van der Waals surface area contributed by atoms with Crippen molar-refractivity contribution in [2.24, 2.45) is 12.9 Å². The standard InChI is InChI=1S/C9H9BrCl2N4S/c1-16-8(5(10)3-14-16)7(15-13)4-2-6(11)17-9(4)12/h2-3,7,15H,13H2,1H3. The Bertz CT molecular complexity index is 520. The molecule has 3 N–H and O–H groups in total. The summed E-state index contributed by atoms with van der Waals surface area (Å²) in [6.07, 6.45) is 1.71. The van der Waals surface area contributed by atoms with Gasteiger partial charge in [-0.1, -0.05) is 23.2 Å². The lowest BCUT2D eigenvalue weighted by molar-refractivity contribution is 0.574. The van der Waals surface area contributed by atoms with Crippen LogP contribution in [-0.2, 0) is 7.05 Å². The molecule has 0 fully saturated rings. The molecule has 0 aliphatic carbocycles. The van der Waals surface area contributed by atoms with Crippen molar-refractivity contribution in [1.82, 2.24) is 15.2 Å². The first-order chi connectivity index (χ1) is 8.04. The van der Waals surface area contributed by atoms with E-state index in [2.05, 4.69) is 26.5 Å². The summed E-state index contributed by atoms with van der Waals surface area (Å²) in [5.41, 5.74) is 4.46. The average Bonchev–Trinajstić information content (AvgIpc) is 2.76. The molecule has 0 radical (unpaired) electrons. The van der Waals surface area contributed by atoms with Gasteiger partial charge in [0.2, 0.25) is 0 Å². The third-order valence-corrected chi connectivity index (χ3v) is 4.50. The van der Waals surface area contributed by atoms with E-state index >= 15 is 0 Å². The number of nitrogens with zero attached hydrogens (tertiary/aromatic N) is 2. The van der Waals surface area contributed by atoms with Crippen LogP contribution >= 0.6 is 50.5 Å². The highest BCUT2D eigenvalue weighted by Gasteiger charge is 2.23. The Morgan fingerprint density at radius 2 is 2.29 bits per heavy atom. The first kappa shape index (κ1) is 13.3. The van der Waals surface area contributed by atoms with Crippen molar-refractivity contribution in [2.45, 2.75) is 6.04 Å². The molecule has 2 aromatic rings. The molecule has 0 amide bonds. The first-order valence-electron chi connectivity index (χ1n) is 4.62. The first-order valence-corrected chi connectivity index (χ1v) is 6.99. The predicted molar refractivity (Wildman–Crippen MR) is 74.4 cm³/mol. The minimum Gasteiger partial charge on any atom is -0.271 e. The fourth-order valence-corrected chi connectivity index (χ4v) is 3.72. The molecule has 1 atom stereocenters. The van der Waals surface area contributed by atoms with Crippen molar-refractivity contribution in [2.75, 3.05) is 0 Å². The molecule has 4 nitrogen and oxygen atoms in total. The summed E-state index contributed by atoms with van der Waals surface area (Å²) in [4.78, 5) is 0. The zero-order chi connectivity index (χ0) is 12.6. The van der Waals surface area contributed by atoms with Crippen LogP contribution in [0.25, 0.3) is 0 Å². The van der Waals surface area contributed by atoms with Gasteiger partial charge in [0.05, 0.1) is 31.1 Å². The zero-order valence-corrected chi connectivity index (χ0v) is 12.7. The second kappa shape index (κ2) is 5.26. The van der Waals surface area contributed by atoms with Gasteiger partial charge in [0.25, 0.3) is 0 Å². The largest absolute Gasteiger partial charge is 0.271 e. The topological polar surface area (TPSA) is 55.9 Å². The van der Waals surface area contributed by atoms with Gasteiger partial charge in [-0.25, -0.2) is 5.43 Å². The third kappa shape index (κ3) is 2.52. The molecule has 0 saturated heterocycles. The van der Waals surface area contributed by atoms with Crippen molar-refractivity contribution >= 4 is 50.5 Å². The molecule has 2 heterocycles. The number of thiophene rings is 1. The number of hydrogen-bond acceptors (Lipinski definition) is 4. The molecular weight excluding hydrogens is 347 g/mol. The minimum absolute atomic E-state index is 0.256. The number of hydrogen-bond donors (Lipinski definition) is 2. The Labute approximate surface area is 121 Å². The molecule has 92 valence electrons. The van der Waals surface area contributed by atoms with E-state index in [1.54, 1.807) is 16.9 Å². The molecule has 0 saturated carbocycles. The third-order valence-electron chi connectivity index (χ3n) is 2.37. The Morgan fingerprint density at radius 1 is 1.59 bits per heavy atom. The summed E-state index contributed by atoms with van der Waals surface area (Å²) < 4.78 is 3.84.